The maximum absolute atomic E-state index is 11.3. The van der Waals surface area contributed by atoms with Crippen LogP contribution >= 0.6 is 22.6 Å². The maximum Gasteiger partial charge on any atom is 0.311 e. The van der Waals surface area contributed by atoms with E-state index in [0.717, 1.165) is 0 Å². The molecule has 0 amide bonds. The molecule has 0 atom stereocenters. The second kappa shape index (κ2) is 5.12. The summed E-state index contributed by atoms with van der Waals surface area (Å²) in [4.78, 5) is 27.8. The number of benzene rings is 1. The summed E-state index contributed by atoms with van der Waals surface area (Å²) >= 11 is 1.76. The Labute approximate surface area is 114 Å². The summed E-state index contributed by atoms with van der Waals surface area (Å²) < 4.78 is 5.53. The summed E-state index contributed by atoms with van der Waals surface area (Å²) in [6.45, 7) is 0. The number of nitrogens with one attached hydrogen (secondary N) is 1. The Balaban J connectivity index is 2.43. The highest BCUT2D eigenvalue weighted by Gasteiger charge is 2.16. The number of aromatic amines is 1. The summed E-state index contributed by atoms with van der Waals surface area (Å²) in [5, 5.41) is 10.8. The van der Waals surface area contributed by atoms with Gasteiger partial charge in [0.05, 0.1) is 11.3 Å². The van der Waals surface area contributed by atoms with Crippen molar-refractivity contribution in [2.24, 2.45) is 0 Å². The highest BCUT2D eigenvalue weighted by molar-refractivity contribution is 14.1. The minimum absolute atomic E-state index is 0.0358. The SMILES string of the molecule is O=c1[nH]cnc(Oc2ccccc2[N+](=O)[O-])c1I. The van der Waals surface area contributed by atoms with Gasteiger partial charge in [-0.1, -0.05) is 12.1 Å². The Morgan fingerprint density at radius 2 is 2.11 bits per heavy atom. The number of nitro groups is 1. The topological polar surface area (TPSA) is 98.1 Å². The lowest BCUT2D eigenvalue weighted by atomic mass is 10.3. The van der Waals surface area contributed by atoms with E-state index < -0.39 is 4.92 Å². The standard InChI is InChI=1S/C10H6IN3O4/c11-8-9(15)12-5-13-10(8)18-7-4-2-1-3-6(7)14(16)17/h1-5H,(H,12,13,15). The molecular formula is C10H6IN3O4. The molecule has 8 heteroatoms. The third-order valence-electron chi connectivity index (χ3n) is 2.03. The number of rotatable bonds is 3. The van der Waals surface area contributed by atoms with E-state index in [-0.39, 0.29) is 26.4 Å². The van der Waals surface area contributed by atoms with Gasteiger partial charge in [-0.3, -0.25) is 14.9 Å². The van der Waals surface area contributed by atoms with E-state index in [1.54, 1.807) is 28.7 Å². The van der Waals surface area contributed by atoms with Gasteiger partial charge in [-0.15, -0.1) is 0 Å². The van der Waals surface area contributed by atoms with Crippen LogP contribution in [0.25, 0.3) is 0 Å². The fourth-order valence-electron chi connectivity index (χ4n) is 1.24. The van der Waals surface area contributed by atoms with Crippen molar-refractivity contribution in [3.63, 3.8) is 0 Å². The molecule has 0 aliphatic heterocycles. The molecule has 1 heterocycles. The number of halogens is 1. The Morgan fingerprint density at radius 3 is 2.83 bits per heavy atom. The van der Waals surface area contributed by atoms with Gasteiger partial charge in [0.2, 0.25) is 11.6 Å². The zero-order valence-electron chi connectivity index (χ0n) is 8.79. The average Bonchev–Trinajstić information content (AvgIpc) is 2.35. The van der Waals surface area contributed by atoms with Gasteiger partial charge in [-0.25, -0.2) is 4.98 Å². The lowest BCUT2D eigenvalue weighted by Crippen LogP contribution is -2.11. The summed E-state index contributed by atoms with van der Waals surface area (Å²) in [7, 11) is 0. The van der Waals surface area contributed by atoms with Gasteiger partial charge in [-0.2, -0.15) is 0 Å². The van der Waals surface area contributed by atoms with Gasteiger partial charge < -0.3 is 9.72 Å². The third kappa shape index (κ3) is 2.47. The molecule has 18 heavy (non-hydrogen) atoms. The van der Waals surface area contributed by atoms with E-state index >= 15 is 0 Å². The van der Waals surface area contributed by atoms with Crippen LogP contribution in [0, 0.1) is 13.7 Å². The number of hydrogen-bond donors (Lipinski definition) is 1. The van der Waals surface area contributed by atoms with Crippen molar-refractivity contribution in [1.82, 2.24) is 9.97 Å². The summed E-state index contributed by atoms with van der Waals surface area (Å²) in [6.07, 6.45) is 1.18. The van der Waals surface area contributed by atoms with Gasteiger partial charge in [0.1, 0.15) is 3.57 Å². The second-order valence-electron chi connectivity index (χ2n) is 3.18. The number of nitrogens with zero attached hydrogens (tertiary/aromatic N) is 2. The van der Waals surface area contributed by atoms with E-state index in [4.69, 9.17) is 4.74 Å². The van der Waals surface area contributed by atoms with Crippen molar-refractivity contribution in [3.05, 3.63) is 54.6 Å². The van der Waals surface area contributed by atoms with Crippen molar-refractivity contribution in [2.45, 2.75) is 0 Å². The smallest absolute Gasteiger partial charge is 0.311 e. The number of nitro benzene ring substituents is 1. The first kappa shape index (κ1) is 12.5. The molecule has 92 valence electrons. The molecule has 1 aromatic carbocycles. The molecular weight excluding hydrogens is 353 g/mol. The molecule has 2 aromatic rings. The van der Waals surface area contributed by atoms with Crippen LogP contribution in [0.5, 0.6) is 11.6 Å². The first-order chi connectivity index (χ1) is 8.59. The normalized spacial score (nSPS) is 10.1. The molecule has 0 spiro atoms. The molecule has 0 unspecified atom stereocenters. The van der Waals surface area contributed by atoms with Gasteiger partial charge in [-0.05, 0) is 28.7 Å². The number of H-pyrrole nitrogens is 1. The first-order valence-corrected chi connectivity index (χ1v) is 5.82. The first-order valence-electron chi connectivity index (χ1n) is 4.74. The number of hydrogen-bond acceptors (Lipinski definition) is 5. The molecule has 7 nitrogen and oxygen atoms in total. The minimum atomic E-state index is -0.560. The molecule has 0 bridgehead atoms. The van der Waals surface area contributed by atoms with Crippen molar-refractivity contribution >= 4 is 28.3 Å². The highest BCUT2D eigenvalue weighted by atomic mass is 127. The number of para-hydroxylation sites is 2. The van der Waals surface area contributed by atoms with Gasteiger partial charge in [0.25, 0.3) is 5.56 Å². The van der Waals surface area contributed by atoms with Crippen LogP contribution in [0.2, 0.25) is 0 Å². The van der Waals surface area contributed by atoms with E-state index in [0.29, 0.717) is 0 Å². The minimum Gasteiger partial charge on any atom is -0.430 e. The molecule has 0 saturated carbocycles. The van der Waals surface area contributed by atoms with E-state index in [2.05, 4.69) is 9.97 Å². The van der Waals surface area contributed by atoms with E-state index in [1.165, 1.54) is 24.5 Å². The number of aromatic nitrogens is 2. The highest BCUT2D eigenvalue weighted by Crippen LogP contribution is 2.30. The predicted molar refractivity (Wildman–Crippen MR) is 70.7 cm³/mol. The maximum atomic E-state index is 11.3. The molecule has 0 aliphatic carbocycles. The van der Waals surface area contributed by atoms with Crippen LogP contribution in [-0.4, -0.2) is 14.9 Å². The predicted octanol–water partition coefficient (Wildman–Crippen LogP) is 2.07. The van der Waals surface area contributed by atoms with E-state index in [1.807, 2.05) is 0 Å². The second-order valence-corrected chi connectivity index (χ2v) is 4.26. The Bertz CT molecular complexity index is 656. The van der Waals surface area contributed by atoms with Crippen LogP contribution in [-0.2, 0) is 0 Å². The molecule has 2 rings (SSSR count). The Kier molecular flexibility index (Phi) is 3.55. The van der Waals surface area contributed by atoms with Crippen molar-refractivity contribution in [2.75, 3.05) is 0 Å². The summed E-state index contributed by atoms with van der Waals surface area (Å²) in [5.41, 5.74) is -0.547. The lowest BCUT2D eigenvalue weighted by molar-refractivity contribution is -0.385. The molecule has 1 N–H and O–H groups in total. The van der Waals surface area contributed by atoms with Crippen LogP contribution < -0.4 is 10.3 Å². The summed E-state index contributed by atoms with van der Waals surface area (Å²) in [6, 6.07) is 5.88. The Morgan fingerprint density at radius 1 is 1.39 bits per heavy atom. The van der Waals surface area contributed by atoms with Crippen LogP contribution in [0.15, 0.2) is 35.4 Å². The zero-order chi connectivity index (χ0) is 13.1. The largest absolute Gasteiger partial charge is 0.430 e. The van der Waals surface area contributed by atoms with Gasteiger partial charge >= 0.3 is 5.69 Å². The monoisotopic (exact) mass is 359 g/mol. The van der Waals surface area contributed by atoms with Gasteiger partial charge in [0.15, 0.2) is 0 Å². The van der Waals surface area contributed by atoms with Crippen LogP contribution in [0.3, 0.4) is 0 Å². The molecule has 0 fully saturated rings. The summed E-state index contributed by atoms with van der Waals surface area (Å²) in [5.74, 6) is 0.0761. The van der Waals surface area contributed by atoms with Crippen molar-refractivity contribution in [3.8, 4) is 11.6 Å². The average molecular weight is 359 g/mol. The zero-order valence-corrected chi connectivity index (χ0v) is 10.9. The molecule has 0 aliphatic rings. The molecule has 0 saturated heterocycles. The lowest BCUT2D eigenvalue weighted by Gasteiger charge is -2.05. The molecule has 1 aromatic heterocycles. The Hall–Kier alpha value is -1.97. The fraction of sp³-hybridized carbons (Fsp3) is 0. The quantitative estimate of drug-likeness (QED) is 0.514. The van der Waals surface area contributed by atoms with Crippen LogP contribution in [0.4, 0.5) is 5.69 Å². The van der Waals surface area contributed by atoms with Crippen LogP contribution in [0.1, 0.15) is 0 Å². The van der Waals surface area contributed by atoms with Crippen molar-refractivity contribution < 1.29 is 9.66 Å². The number of ether oxygens (including phenoxy) is 1. The van der Waals surface area contributed by atoms with Crippen molar-refractivity contribution in [1.29, 1.82) is 0 Å². The third-order valence-corrected chi connectivity index (χ3v) is 2.98. The van der Waals surface area contributed by atoms with E-state index in [9.17, 15) is 14.9 Å². The fourth-order valence-corrected chi connectivity index (χ4v) is 1.64. The van der Waals surface area contributed by atoms with Gasteiger partial charge in [0, 0.05) is 6.07 Å². The molecule has 0 radical (unpaired) electrons.